The van der Waals surface area contributed by atoms with Crippen molar-refractivity contribution in [2.24, 2.45) is 5.41 Å². The third-order valence-corrected chi connectivity index (χ3v) is 7.06. The van der Waals surface area contributed by atoms with Gasteiger partial charge in [-0.2, -0.15) is 5.10 Å². The van der Waals surface area contributed by atoms with Gasteiger partial charge in [0.1, 0.15) is 6.54 Å². The summed E-state index contributed by atoms with van der Waals surface area (Å²) in [5.41, 5.74) is 0.443. The second-order valence-electron chi connectivity index (χ2n) is 7.68. The van der Waals surface area contributed by atoms with Gasteiger partial charge in [-0.15, -0.1) is 11.3 Å². The summed E-state index contributed by atoms with van der Waals surface area (Å²) < 4.78 is 1.69. The molecule has 6 nitrogen and oxygen atoms in total. The molecule has 2 saturated heterocycles. The number of hydrogen-bond acceptors (Lipinski definition) is 4. The van der Waals surface area contributed by atoms with E-state index in [0.717, 1.165) is 36.3 Å². The average Bonchev–Trinajstić information content (AvgIpc) is 3.43. The van der Waals surface area contributed by atoms with Crippen LogP contribution in [0.5, 0.6) is 0 Å². The number of hydrogen-bond donors (Lipinski definition) is 1. The van der Waals surface area contributed by atoms with Gasteiger partial charge in [0.2, 0.25) is 11.8 Å². The highest BCUT2D eigenvalue weighted by molar-refractivity contribution is 7.09. The Kier molecular flexibility index (Phi) is 4.80. The molecule has 0 aromatic carbocycles. The number of rotatable bonds is 6. The molecule has 27 heavy (non-hydrogen) atoms. The van der Waals surface area contributed by atoms with Crippen molar-refractivity contribution in [1.29, 1.82) is 0 Å². The Hall–Kier alpha value is -2.15. The van der Waals surface area contributed by atoms with E-state index in [1.165, 1.54) is 0 Å². The Morgan fingerprint density at radius 1 is 1.37 bits per heavy atom. The molecule has 2 aromatic rings. The third kappa shape index (κ3) is 3.18. The zero-order valence-electron chi connectivity index (χ0n) is 15.9. The summed E-state index contributed by atoms with van der Waals surface area (Å²) in [6.07, 6.45) is 5.28. The molecule has 2 aliphatic heterocycles. The Morgan fingerprint density at radius 3 is 2.89 bits per heavy atom. The molecule has 4 rings (SSSR count). The van der Waals surface area contributed by atoms with Gasteiger partial charge in [0.25, 0.3) is 0 Å². The summed E-state index contributed by atoms with van der Waals surface area (Å²) in [5.74, 6) is 0.172. The van der Waals surface area contributed by atoms with Crippen LogP contribution >= 0.6 is 11.3 Å². The number of fused-ring (bicyclic) bond motifs is 2. The molecule has 1 N–H and O–H groups in total. The standard InChI is InChI=1S/C20H26N4O2S/c1-3-20(19(26)21-12-16-5-4-10-27-16)11-15-6-7-17(20)24(15)18(25)13-23-9-8-14(2)22-23/h4-5,8-10,15,17H,3,6-7,11-13H2,1-2H3,(H,21,26)/t15-,17+,20+/m0/s1. The van der Waals surface area contributed by atoms with Gasteiger partial charge < -0.3 is 10.2 Å². The maximum absolute atomic E-state index is 13.2. The molecule has 0 radical (unpaired) electrons. The van der Waals surface area contributed by atoms with Gasteiger partial charge in [-0.25, -0.2) is 0 Å². The number of carbonyl (C=O) groups is 2. The van der Waals surface area contributed by atoms with Gasteiger partial charge in [0, 0.05) is 23.2 Å². The fraction of sp³-hybridized carbons (Fsp3) is 0.550. The van der Waals surface area contributed by atoms with E-state index in [9.17, 15) is 9.59 Å². The topological polar surface area (TPSA) is 67.2 Å². The summed E-state index contributed by atoms with van der Waals surface area (Å²) >= 11 is 1.65. The summed E-state index contributed by atoms with van der Waals surface area (Å²) in [7, 11) is 0. The molecule has 144 valence electrons. The molecule has 4 heterocycles. The fourth-order valence-corrected chi connectivity index (χ4v) is 5.52. The molecule has 0 saturated carbocycles. The zero-order valence-corrected chi connectivity index (χ0v) is 16.7. The Labute approximate surface area is 163 Å². The van der Waals surface area contributed by atoms with Crippen LogP contribution in [0.4, 0.5) is 0 Å². The number of nitrogens with zero attached hydrogens (tertiary/aromatic N) is 3. The van der Waals surface area contributed by atoms with Crippen molar-refractivity contribution in [2.45, 2.75) is 64.7 Å². The van der Waals surface area contributed by atoms with Crippen LogP contribution in [0.25, 0.3) is 0 Å². The quantitative estimate of drug-likeness (QED) is 0.830. The first kappa shape index (κ1) is 18.2. The van der Waals surface area contributed by atoms with E-state index in [1.807, 2.05) is 41.6 Å². The molecular weight excluding hydrogens is 360 g/mol. The van der Waals surface area contributed by atoms with Crippen LogP contribution in [0.1, 0.15) is 43.2 Å². The molecule has 0 spiro atoms. The predicted octanol–water partition coefficient (Wildman–Crippen LogP) is 2.73. The van der Waals surface area contributed by atoms with Crippen LogP contribution in [0.3, 0.4) is 0 Å². The van der Waals surface area contributed by atoms with E-state index in [-0.39, 0.29) is 30.4 Å². The van der Waals surface area contributed by atoms with Crippen molar-refractivity contribution in [2.75, 3.05) is 0 Å². The number of thiophene rings is 1. The van der Waals surface area contributed by atoms with E-state index in [1.54, 1.807) is 16.0 Å². The Bertz CT molecular complexity index is 831. The third-order valence-electron chi connectivity index (χ3n) is 6.19. The van der Waals surface area contributed by atoms with Crippen LogP contribution in [0, 0.1) is 12.3 Å². The number of aryl methyl sites for hydroxylation is 1. The maximum atomic E-state index is 13.2. The van der Waals surface area contributed by atoms with Gasteiger partial charge in [0.15, 0.2) is 0 Å². The minimum atomic E-state index is -0.462. The van der Waals surface area contributed by atoms with Crippen LogP contribution in [-0.4, -0.2) is 38.6 Å². The monoisotopic (exact) mass is 386 g/mol. The molecule has 2 amide bonds. The first-order valence-electron chi connectivity index (χ1n) is 9.65. The molecule has 7 heteroatoms. The molecule has 2 fully saturated rings. The molecular formula is C20H26N4O2S. The predicted molar refractivity (Wildman–Crippen MR) is 104 cm³/mol. The second-order valence-corrected chi connectivity index (χ2v) is 8.71. The number of amides is 2. The van der Waals surface area contributed by atoms with E-state index < -0.39 is 5.41 Å². The van der Waals surface area contributed by atoms with Gasteiger partial charge >= 0.3 is 0 Å². The highest BCUT2D eigenvalue weighted by Gasteiger charge is 2.60. The van der Waals surface area contributed by atoms with E-state index >= 15 is 0 Å². The van der Waals surface area contributed by atoms with Crippen molar-refractivity contribution in [3.63, 3.8) is 0 Å². The average molecular weight is 387 g/mol. The van der Waals surface area contributed by atoms with Gasteiger partial charge in [-0.05, 0) is 50.1 Å². The van der Waals surface area contributed by atoms with Crippen molar-refractivity contribution >= 4 is 23.2 Å². The van der Waals surface area contributed by atoms with Crippen LogP contribution in [-0.2, 0) is 22.7 Å². The van der Waals surface area contributed by atoms with Gasteiger partial charge in [0.05, 0.1) is 17.7 Å². The van der Waals surface area contributed by atoms with E-state index in [0.29, 0.717) is 6.54 Å². The lowest BCUT2D eigenvalue weighted by Crippen LogP contribution is -2.49. The second kappa shape index (κ2) is 7.11. The van der Waals surface area contributed by atoms with E-state index in [4.69, 9.17) is 0 Å². The SMILES string of the molecule is CC[C@@]1(C(=O)NCc2cccs2)C[C@@H]2CC[C@H]1N2C(=O)Cn1ccc(C)n1. The minimum Gasteiger partial charge on any atom is -0.351 e. The molecule has 0 unspecified atom stereocenters. The van der Waals surface area contributed by atoms with Gasteiger partial charge in [-0.3, -0.25) is 14.3 Å². The van der Waals surface area contributed by atoms with Crippen molar-refractivity contribution < 1.29 is 9.59 Å². The van der Waals surface area contributed by atoms with Crippen molar-refractivity contribution in [3.05, 3.63) is 40.3 Å². The molecule has 2 aliphatic rings. The molecule has 0 aliphatic carbocycles. The smallest absolute Gasteiger partial charge is 0.244 e. The molecule has 2 bridgehead atoms. The summed E-state index contributed by atoms with van der Waals surface area (Å²) in [5, 5.41) is 9.49. The molecule has 3 atom stereocenters. The largest absolute Gasteiger partial charge is 0.351 e. The fourth-order valence-electron chi connectivity index (χ4n) is 4.87. The van der Waals surface area contributed by atoms with Crippen LogP contribution < -0.4 is 5.32 Å². The van der Waals surface area contributed by atoms with E-state index in [2.05, 4.69) is 17.3 Å². The maximum Gasteiger partial charge on any atom is 0.244 e. The van der Waals surface area contributed by atoms with Crippen molar-refractivity contribution in [3.8, 4) is 0 Å². The Balaban J connectivity index is 1.48. The lowest BCUT2D eigenvalue weighted by Gasteiger charge is -2.35. The lowest BCUT2D eigenvalue weighted by atomic mass is 9.71. The number of carbonyl (C=O) groups excluding carboxylic acids is 2. The minimum absolute atomic E-state index is 0.00000472. The highest BCUT2D eigenvalue weighted by Crippen LogP contribution is 2.52. The first-order valence-corrected chi connectivity index (χ1v) is 10.5. The van der Waals surface area contributed by atoms with Crippen LogP contribution in [0.2, 0.25) is 0 Å². The summed E-state index contributed by atoms with van der Waals surface area (Å²) in [6, 6.07) is 6.11. The van der Waals surface area contributed by atoms with Crippen LogP contribution in [0.15, 0.2) is 29.8 Å². The van der Waals surface area contributed by atoms with Crippen molar-refractivity contribution in [1.82, 2.24) is 20.0 Å². The number of nitrogens with one attached hydrogen (secondary N) is 1. The van der Waals surface area contributed by atoms with Gasteiger partial charge in [-0.1, -0.05) is 13.0 Å². The normalized spacial score (nSPS) is 26.5. The summed E-state index contributed by atoms with van der Waals surface area (Å²) in [6.45, 7) is 4.80. The molecule has 2 aromatic heterocycles. The number of aromatic nitrogens is 2. The lowest BCUT2D eigenvalue weighted by molar-refractivity contribution is -0.137. The summed E-state index contributed by atoms with van der Waals surface area (Å²) in [4.78, 5) is 29.3. The first-order chi connectivity index (χ1) is 13.0. The zero-order chi connectivity index (χ0) is 19.0. The Morgan fingerprint density at radius 2 is 2.22 bits per heavy atom. The highest BCUT2D eigenvalue weighted by atomic mass is 32.1.